The number of pyridine rings is 1. The third kappa shape index (κ3) is 2.77. The topological polar surface area (TPSA) is 22.1 Å². The molecule has 0 fully saturated rings. The molecule has 0 bridgehead atoms. The molecular formula is C8H7ClF3NO. The van der Waals surface area contributed by atoms with Crippen molar-refractivity contribution in [2.24, 2.45) is 0 Å². The number of halogens is 4. The standard InChI is InChI=1S/C8H7ClF3NO/c1-4-3-5(2)7(13-6(4)9)14-8(10,11)12/h3H,1-2H3. The van der Waals surface area contributed by atoms with Gasteiger partial charge in [0, 0.05) is 5.56 Å². The van der Waals surface area contributed by atoms with Crippen molar-refractivity contribution in [3.05, 3.63) is 22.3 Å². The average molecular weight is 226 g/mol. The van der Waals surface area contributed by atoms with Crippen molar-refractivity contribution < 1.29 is 17.9 Å². The molecule has 14 heavy (non-hydrogen) atoms. The van der Waals surface area contributed by atoms with Gasteiger partial charge in [0.15, 0.2) is 0 Å². The highest BCUT2D eigenvalue weighted by atomic mass is 35.5. The fraction of sp³-hybridized carbons (Fsp3) is 0.375. The summed E-state index contributed by atoms with van der Waals surface area (Å²) in [6.45, 7) is 3.12. The molecule has 0 unspecified atom stereocenters. The summed E-state index contributed by atoms with van der Waals surface area (Å²) in [7, 11) is 0. The lowest BCUT2D eigenvalue weighted by atomic mass is 10.2. The molecule has 0 N–H and O–H groups in total. The van der Waals surface area contributed by atoms with Gasteiger partial charge in [-0.05, 0) is 25.5 Å². The van der Waals surface area contributed by atoms with Gasteiger partial charge in [-0.2, -0.15) is 0 Å². The number of hydrogen-bond acceptors (Lipinski definition) is 2. The second-order valence-corrected chi connectivity index (χ2v) is 3.12. The Labute approximate surface area is 83.7 Å². The molecule has 1 heterocycles. The molecule has 0 spiro atoms. The van der Waals surface area contributed by atoms with E-state index in [2.05, 4.69) is 9.72 Å². The van der Waals surface area contributed by atoms with Gasteiger partial charge in [-0.3, -0.25) is 0 Å². The summed E-state index contributed by atoms with van der Waals surface area (Å²) < 4.78 is 39.2. The van der Waals surface area contributed by atoms with E-state index in [1.807, 2.05) is 0 Å². The van der Waals surface area contributed by atoms with Crippen molar-refractivity contribution in [3.63, 3.8) is 0 Å². The summed E-state index contributed by atoms with van der Waals surface area (Å²) in [6.07, 6.45) is -4.74. The lowest BCUT2D eigenvalue weighted by Crippen LogP contribution is -2.18. The van der Waals surface area contributed by atoms with Crippen LogP contribution in [0.1, 0.15) is 11.1 Å². The number of aryl methyl sites for hydroxylation is 2. The van der Waals surface area contributed by atoms with Gasteiger partial charge >= 0.3 is 6.36 Å². The Bertz CT molecular complexity index is 351. The molecule has 0 amide bonds. The van der Waals surface area contributed by atoms with Crippen LogP contribution < -0.4 is 4.74 Å². The van der Waals surface area contributed by atoms with Gasteiger partial charge in [-0.25, -0.2) is 4.98 Å². The third-order valence-electron chi connectivity index (χ3n) is 1.51. The van der Waals surface area contributed by atoms with Crippen LogP contribution in [0.3, 0.4) is 0 Å². The Morgan fingerprint density at radius 1 is 1.29 bits per heavy atom. The van der Waals surface area contributed by atoms with Crippen LogP contribution in [-0.2, 0) is 0 Å². The average Bonchev–Trinajstić information content (AvgIpc) is 1.97. The van der Waals surface area contributed by atoms with Crippen LogP contribution in [0.25, 0.3) is 0 Å². The van der Waals surface area contributed by atoms with Gasteiger partial charge in [-0.15, -0.1) is 13.2 Å². The first-order valence-corrected chi connectivity index (χ1v) is 4.07. The van der Waals surface area contributed by atoms with E-state index in [9.17, 15) is 13.2 Å². The number of ether oxygens (including phenoxy) is 1. The van der Waals surface area contributed by atoms with E-state index < -0.39 is 12.2 Å². The van der Waals surface area contributed by atoms with Crippen molar-refractivity contribution in [3.8, 4) is 5.88 Å². The first-order valence-electron chi connectivity index (χ1n) is 3.69. The Hall–Kier alpha value is -0.970. The summed E-state index contributed by atoms with van der Waals surface area (Å²) in [4.78, 5) is 3.48. The highest BCUT2D eigenvalue weighted by Crippen LogP contribution is 2.27. The largest absolute Gasteiger partial charge is 0.574 e. The second kappa shape index (κ2) is 3.65. The van der Waals surface area contributed by atoms with Crippen molar-refractivity contribution in [2.75, 3.05) is 0 Å². The summed E-state index contributed by atoms with van der Waals surface area (Å²) in [5.74, 6) is -0.506. The van der Waals surface area contributed by atoms with Crippen LogP contribution >= 0.6 is 11.6 Å². The maximum absolute atomic E-state index is 11.8. The predicted octanol–water partition coefficient (Wildman–Crippen LogP) is 3.25. The van der Waals surface area contributed by atoms with Gasteiger partial charge in [-0.1, -0.05) is 11.6 Å². The highest BCUT2D eigenvalue weighted by molar-refractivity contribution is 6.30. The summed E-state index contributed by atoms with van der Waals surface area (Å²) in [5, 5.41) is 0.00912. The lowest BCUT2D eigenvalue weighted by molar-refractivity contribution is -0.276. The minimum Gasteiger partial charge on any atom is -0.388 e. The van der Waals surface area contributed by atoms with Crippen molar-refractivity contribution >= 4 is 11.6 Å². The number of rotatable bonds is 1. The monoisotopic (exact) mass is 225 g/mol. The highest BCUT2D eigenvalue weighted by Gasteiger charge is 2.32. The fourth-order valence-corrected chi connectivity index (χ4v) is 1.06. The van der Waals surface area contributed by atoms with E-state index in [-0.39, 0.29) is 5.15 Å². The maximum Gasteiger partial charge on any atom is 0.574 e. The normalized spacial score (nSPS) is 11.6. The molecule has 0 radical (unpaired) electrons. The Morgan fingerprint density at radius 3 is 2.36 bits per heavy atom. The minimum atomic E-state index is -4.74. The number of aromatic nitrogens is 1. The summed E-state index contributed by atoms with van der Waals surface area (Å²) >= 11 is 5.56. The summed E-state index contributed by atoms with van der Waals surface area (Å²) in [5.41, 5.74) is 0.905. The molecule has 0 aliphatic rings. The predicted molar refractivity (Wildman–Crippen MR) is 45.4 cm³/mol. The maximum atomic E-state index is 11.8. The quantitative estimate of drug-likeness (QED) is 0.685. The Kier molecular flexibility index (Phi) is 2.89. The molecule has 0 saturated carbocycles. The molecular weight excluding hydrogens is 219 g/mol. The molecule has 2 nitrogen and oxygen atoms in total. The van der Waals surface area contributed by atoms with Crippen LogP contribution in [0.15, 0.2) is 6.07 Å². The molecule has 0 aliphatic carbocycles. The molecule has 0 atom stereocenters. The SMILES string of the molecule is Cc1cc(C)c(OC(F)(F)F)nc1Cl. The molecule has 0 aromatic carbocycles. The third-order valence-corrected chi connectivity index (χ3v) is 1.89. The zero-order valence-corrected chi connectivity index (χ0v) is 8.20. The zero-order chi connectivity index (χ0) is 10.9. The lowest BCUT2D eigenvalue weighted by Gasteiger charge is -2.11. The van der Waals surface area contributed by atoms with Gasteiger partial charge in [0.25, 0.3) is 0 Å². The van der Waals surface area contributed by atoms with E-state index in [1.165, 1.54) is 13.0 Å². The first-order chi connectivity index (χ1) is 6.29. The number of nitrogens with zero attached hydrogens (tertiary/aromatic N) is 1. The summed E-state index contributed by atoms with van der Waals surface area (Å²) in [6, 6.07) is 1.48. The van der Waals surface area contributed by atoms with Crippen LogP contribution in [-0.4, -0.2) is 11.3 Å². The van der Waals surface area contributed by atoms with Gasteiger partial charge in [0.05, 0.1) is 0 Å². The first kappa shape index (κ1) is 11.1. The minimum absolute atomic E-state index is 0.00912. The Balaban J connectivity index is 3.04. The fourth-order valence-electron chi connectivity index (χ4n) is 0.924. The van der Waals surface area contributed by atoms with Crippen molar-refractivity contribution in [1.29, 1.82) is 0 Å². The second-order valence-electron chi connectivity index (χ2n) is 2.77. The van der Waals surface area contributed by atoms with Gasteiger partial charge in [0.1, 0.15) is 5.15 Å². The van der Waals surface area contributed by atoms with E-state index in [0.717, 1.165) is 0 Å². The number of alkyl halides is 3. The molecule has 0 aliphatic heterocycles. The Morgan fingerprint density at radius 2 is 1.86 bits per heavy atom. The van der Waals surface area contributed by atoms with E-state index >= 15 is 0 Å². The zero-order valence-electron chi connectivity index (χ0n) is 7.44. The van der Waals surface area contributed by atoms with Crippen LogP contribution in [0, 0.1) is 13.8 Å². The molecule has 1 rings (SSSR count). The number of hydrogen-bond donors (Lipinski definition) is 0. The van der Waals surface area contributed by atoms with E-state index in [0.29, 0.717) is 11.1 Å². The molecule has 1 aromatic heterocycles. The molecule has 6 heteroatoms. The van der Waals surface area contributed by atoms with E-state index in [1.54, 1.807) is 6.92 Å². The van der Waals surface area contributed by atoms with Gasteiger partial charge < -0.3 is 4.74 Å². The van der Waals surface area contributed by atoms with Crippen molar-refractivity contribution in [2.45, 2.75) is 20.2 Å². The smallest absolute Gasteiger partial charge is 0.388 e. The van der Waals surface area contributed by atoms with Crippen LogP contribution in [0.2, 0.25) is 5.15 Å². The van der Waals surface area contributed by atoms with Crippen LogP contribution in [0.5, 0.6) is 5.88 Å². The molecule has 78 valence electrons. The van der Waals surface area contributed by atoms with Crippen molar-refractivity contribution in [1.82, 2.24) is 4.98 Å². The van der Waals surface area contributed by atoms with E-state index in [4.69, 9.17) is 11.6 Å². The molecule has 0 saturated heterocycles. The van der Waals surface area contributed by atoms with Crippen LogP contribution in [0.4, 0.5) is 13.2 Å². The molecule has 1 aromatic rings. The van der Waals surface area contributed by atoms with Gasteiger partial charge in [0.2, 0.25) is 5.88 Å².